The Bertz CT molecular complexity index is 647. The van der Waals surface area contributed by atoms with Crippen LogP contribution in [0.5, 0.6) is 0 Å². The lowest BCUT2D eigenvalue weighted by molar-refractivity contribution is -0.137. The number of nitrogens with zero attached hydrogens (tertiary/aromatic N) is 2. The first-order chi connectivity index (χ1) is 9.34. The van der Waals surface area contributed by atoms with Crippen molar-refractivity contribution in [3.05, 3.63) is 47.3 Å². The molecule has 0 radical (unpaired) electrons. The lowest BCUT2D eigenvalue weighted by Crippen LogP contribution is -2.18. The average Bonchev–Trinajstić information content (AvgIpc) is 2.79. The summed E-state index contributed by atoms with van der Waals surface area (Å²) in [5.74, 6) is -0.333. The van der Waals surface area contributed by atoms with Crippen molar-refractivity contribution in [3.63, 3.8) is 0 Å². The molecule has 0 atom stereocenters. The van der Waals surface area contributed by atoms with E-state index in [-0.39, 0.29) is 11.6 Å². The van der Waals surface area contributed by atoms with Crippen LogP contribution in [0.4, 0.5) is 13.2 Å². The second-order valence-corrected chi connectivity index (χ2v) is 4.18. The Hall–Kier alpha value is -2.31. The standard InChI is InChI=1S/C13H12F3N3O/c1-8-11(12(20)17-2)7-18-19(8)10-5-3-4-9(6-10)13(14,15)16/h3-7H,1-2H3,(H,17,20). The van der Waals surface area contributed by atoms with Crippen molar-refractivity contribution in [1.29, 1.82) is 0 Å². The van der Waals surface area contributed by atoms with E-state index in [1.807, 2.05) is 0 Å². The van der Waals surface area contributed by atoms with Gasteiger partial charge in [-0.25, -0.2) is 4.68 Å². The molecule has 0 fully saturated rings. The predicted molar refractivity (Wildman–Crippen MR) is 66.7 cm³/mol. The Labute approximate surface area is 113 Å². The molecular weight excluding hydrogens is 271 g/mol. The van der Waals surface area contributed by atoms with Gasteiger partial charge in [0.1, 0.15) is 0 Å². The Morgan fingerprint density at radius 1 is 1.35 bits per heavy atom. The van der Waals surface area contributed by atoms with Crippen LogP contribution in [-0.2, 0) is 6.18 Å². The Morgan fingerprint density at radius 2 is 2.05 bits per heavy atom. The highest BCUT2D eigenvalue weighted by atomic mass is 19.4. The molecule has 1 aromatic heterocycles. The molecule has 1 aromatic carbocycles. The predicted octanol–water partition coefficient (Wildman–Crippen LogP) is 2.56. The van der Waals surface area contributed by atoms with E-state index < -0.39 is 11.7 Å². The van der Waals surface area contributed by atoms with E-state index in [9.17, 15) is 18.0 Å². The van der Waals surface area contributed by atoms with Crippen molar-refractivity contribution < 1.29 is 18.0 Å². The van der Waals surface area contributed by atoms with Crippen molar-refractivity contribution in [2.75, 3.05) is 7.05 Å². The zero-order valence-corrected chi connectivity index (χ0v) is 10.8. The maximum atomic E-state index is 12.7. The molecule has 0 unspecified atom stereocenters. The van der Waals surface area contributed by atoms with Gasteiger partial charge in [0.05, 0.1) is 28.7 Å². The number of halogens is 3. The van der Waals surface area contributed by atoms with Gasteiger partial charge in [0.15, 0.2) is 0 Å². The lowest BCUT2D eigenvalue weighted by atomic mass is 10.2. The van der Waals surface area contributed by atoms with Gasteiger partial charge in [0.25, 0.3) is 5.91 Å². The summed E-state index contributed by atoms with van der Waals surface area (Å²) < 4.78 is 39.3. The van der Waals surface area contributed by atoms with Gasteiger partial charge in [0, 0.05) is 7.05 Å². The average molecular weight is 283 g/mol. The summed E-state index contributed by atoms with van der Waals surface area (Å²) in [6.07, 6.45) is -3.09. The van der Waals surface area contributed by atoms with Crippen LogP contribution in [-0.4, -0.2) is 22.7 Å². The van der Waals surface area contributed by atoms with E-state index in [4.69, 9.17) is 0 Å². The van der Waals surface area contributed by atoms with Crippen LogP contribution >= 0.6 is 0 Å². The number of amides is 1. The van der Waals surface area contributed by atoms with Gasteiger partial charge in [0.2, 0.25) is 0 Å². The normalized spacial score (nSPS) is 11.4. The van der Waals surface area contributed by atoms with Gasteiger partial charge in [-0.15, -0.1) is 0 Å². The molecule has 1 heterocycles. The van der Waals surface area contributed by atoms with Crippen LogP contribution in [0.15, 0.2) is 30.5 Å². The summed E-state index contributed by atoms with van der Waals surface area (Å²) in [6.45, 7) is 1.62. The van der Waals surface area contributed by atoms with Gasteiger partial charge in [-0.3, -0.25) is 4.79 Å². The quantitative estimate of drug-likeness (QED) is 0.920. The first-order valence-electron chi connectivity index (χ1n) is 5.79. The minimum atomic E-state index is -4.42. The topological polar surface area (TPSA) is 46.9 Å². The highest BCUT2D eigenvalue weighted by Crippen LogP contribution is 2.30. The van der Waals surface area contributed by atoms with E-state index in [0.717, 1.165) is 12.1 Å². The van der Waals surface area contributed by atoms with E-state index in [1.165, 1.54) is 30.1 Å². The molecule has 0 saturated carbocycles. The third-order valence-electron chi connectivity index (χ3n) is 2.90. The van der Waals surface area contributed by atoms with E-state index in [0.29, 0.717) is 11.3 Å². The molecule has 1 amide bonds. The molecule has 0 aliphatic rings. The van der Waals surface area contributed by atoms with Crippen LogP contribution < -0.4 is 5.32 Å². The number of nitrogens with one attached hydrogen (secondary N) is 1. The molecule has 0 saturated heterocycles. The largest absolute Gasteiger partial charge is 0.416 e. The molecule has 0 bridgehead atoms. The number of aromatic nitrogens is 2. The van der Waals surface area contributed by atoms with Crippen LogP contribution in [0.1, 0.15) is 21.6 Å². The number of hydrogen-bond acceptors (Lipinski definition) is 2. The molecule has 0 spiro atoms. The minimum Gasteiger partial charge on any atom is -0.355 e. The molecule has 20 heavy (non-hydrogen) atoms. The molecule has 106 valence electrons. The van der Waals surface area contributed by atoms with Crippen molar-refractivity contribution in [2.24, 2.45) is 0 Å². The molecule has 0 aliphatic heterocycles. The second kappa shape index (κ2) is 4.99. The summed E-state index contributed by atoms with van der Waals surface area (Å²) in [5, 5.41) is 6.42. The lowest BCUT2D eigenvalue weighted by Gasteiger charge is -2.10. The molecule has 7 heteroatoms. The fraction of sp³-hybridized carbons (Fsp3) is 0.231. The fourth-order valence-electron chi connectivity index (χ4n) is 1.84. The summed E-state index contributed by atoms with van der Waals surface area (Å²) in [4.78, 5) is 11.6. The molecule has 2 rings (SSSR count). The maximum absolute atomic E-state index is 12.7. The number of rotatable bonds is 2. The highest BCUT2D eigenvalue weighted by molar-refractivity contribution is 5.94. The summed E-state index contributed by atoms with van der Waals surface area (Å²) in [5.41, 5.74) is 0.299. The van der Waals surface area contributed by atoms with E-state index in [2.05, 4.69) is 10.4 Å². The van der Waals surface area contributed by atoms with Gasteiger partial charge in [-0.05, 0) is 25.1 Å². The highest BCUT2D eigenvalue weighted by Gasteiger charge is 2.30. The van der Waals surface area contributed by atoms with Gasteiger partial charge >= 0.3 is 6.18 Å². The SMILES string of the molecule is CNC(=O)c1cnn(-c2cccc(C(F)(F)F)c2)c1C. The molecule has 2 aromatic rings. The Morgan fingerprint density at radius 3 is 2.65 bits per heavy atom. The first-order valence-corrected chi connectivity index (χ1v) is 5.79. The second-order valence-electron chi connectivity index (χ2n) is 4.18. The van der Waals surface area contributed by atoms with Crippen LogP contribution in [0.2, 0.25) is 0 Å². The zero-order valence-electron chi connectivity index (χ0n) is 10.8. The van der Waals surface area contributed by atoms with E-state index in [1.54, 1.807) is 6.92 Å². The van der Waals surface area contributed by atoms with E-state index >= 15 is 0 Å². The Balaban J connectivity index is 2.48. The smallest absolute Gasteiger partial charge is 0.355 e. The van der Waals surface area contributed by atoms with Gasteiger partial charge < -0.3 is 5.32 Å². The van der Waals surface area contributed by atoms with Crippen molar-refractivity contribution >= 4 is 5.91 Å². The van der Waals surface area contributed by atoms with Crippen molar-refractivity contribution in [1.82, 2.24) is 15.1 Å². The summed E-state index contributed by atoms with van der Waals surface area (Å²) in [6, 6.07) is 4.79. The first kappa shape index (κ1) is 14.1. The number of hydrogen-bond donors (Lipinski definition) is 1. The van der Waals surface area contributed by atoms with Gasteiger partial charge in [-0.2, -0.15) is 18.3 Å². The van der Waals surface area contributed by atoms with Crippen LogP contribution in [0.3, 0.4) is 0 Å². The zero-order chi connectivity index (χ0) is 14.9. The molecule has 0 aliphatic carbocycles. The van der Waals surface area contributed by atoms with Crippen molar-refractivity contribution in [3.8, 4) is 5.69 Å². The number of carbonyl (C=O) groups excluding carboxylic acids is 1. The Kier molecular flexibility index (Phi) is 3.52. The minimum absolute atomic E-state index is 0.257. The maximum Gasteiger partial charge on any atom is 0.416 e. The number of alkyl halides is 3. The summed E-state index contributed by atoms with van der Waals surface area (Å²) >= 11 is 0. The monoisotopic (exact) mass is 283 g/mol. The molecule has 1 N–H and O–H groups in total. The number of benzene rings is 1. The number of carbonyl (C=O) groups is 1. The van der Waals surface area contributed by atoms with Crippen LogP contribution in [0, 0.1) is 6.92 Å². The van der Waals surface area contributed by atoms with Crippen molar-refractivity contribution in [2.45, 2.75) is 13.1 Å². The van der Waals surface area contributed by atoms with Gasteiger partial charge in [-0.1, -0.05) is 6.07 Å². The third-order valence-corrected chi connectivity index (χ3v) is 2.90. The third kappa shape index (κ3) is 2.52. The molecule has 4 nitrogen and oxygen atoms in total. The van der Waals surface area contributed by atoms with Crippen LogP contribution in [0.25, 0.3) is 5.69 Å². The summed E-state index contributed by atoms with van der Waals surface area (Å²) in [7, 11) is 1.48. The fourth-order valence-corrected chi connectivity index (χ4v) is 1.84. The molecular formula is C13H12F3N3O.